The molecule has 0 aromatic heterocycles. The summed E-state index contributed by atoms with van der Waals surface area (Å²) in [7, 11) is 0. The molecule has 0 saturated heterocycles. The average Bonchev–Trinajstić information content (AvgIpc) is 2.45. The van der Waals surface area contributed by atoms with Crippen molar-refractivity contribution in [2.45, 2.75) is 18.0 Å². The maximum atomic E-state index is 13.5. The van der Waals surface area contributed by atoms with Gasteiger partial charge < -0.3 is 5.11 Å². The van der Waals surface area contributed by atoms with Crippen LogP contribution in [0.2, 0.25) is 0 Å². The fourth-order valence-electron chi connectivity index (χ4n) is 2.21. The lowest BCUT2D eigenvalue weighted by Gasteiger charge is -2.33. The van der Waals surface area contributed by atoms with E-state index in [1.54, 1.807) is 0 Å². The van der Waals surface area contributed by atoms with E-state index in [4.69, 9.17) is 0 Å². The second-order valence-corrected chi connectivity index (χ2v) is 5.67. The molecule has 2 aromatic carbocycles. The normalized spacial score (nSPS) is 15.3. The fraction of sp³-hybridized carbons (Fsp3) is 0.200. The Bertz CT molecular complexity index is 692. The Hall–Kier alpha value is -1.54. The molecular weight excluding hydrogens is 390 g/mol. The monoisotopic (exact) mass is 398 g/mol. The molecule has 0 aliphatic rings. The van der Waals surface area contributed by atoms with Crippen LogP contribution >= 0.6 is 15.9 Å². The van der Waals surface area contributed by atoms with Crippen molar-refractivity contribution < 1.29 is 31.4 Å². The van der Waals surface area contributed by atoms with E-state index in [2.05, 4.69) is 15.9 Å². The van der Waals surface area contributed by atoms with Crippen molar-refractivity contribution in [3.8, 4) is 0 Å². The smallest absolute Gasteiger partial charge is 0.372 e. The van der Waals surface area contributed by atoms with Gasteiger partial charge >= 0.3 is 12.4 Å². The van der Waals surface area contributed by atoms with Gasteiger partial charge in [0.2, 0.25) is 5.60 Å². The largest absolute Gasteiger partial charge is 0.425 e. The Balaban J connectivity index is 2.78. The summed E-state index contributed by atoms with van der Waals surface area (Å²) in [6, 6.07) is 7.37. The van der Waals surface area contributed by atoms with Gasteiger partial charge in [0.05, 0.1) is 5.56 Å². The second-order valence-electron chi connectivity index (χ2n) is 4.76. The van der Waals surface area contributed by atoms with E-state index < -0.39 is 34.6 Å². The summed E-state index contributed by atoms with van der Waals surface area (Å²) >= 11 is 3.02. The van der Waals surface area contributed by atoms with Gasteiger partial charge in [0.25, 0.3) is 0 Å². The molecule has 1 unspecified atom stereocenters. The Labute approximate surface area is 135 Å². The Morgan fingerprint density at radius 3 is 1.65 bits per heavy atom. The zero-order chi connectivity index (χ0) is 17.5. The molecule has 0 amide bonds. The summed E-state index contributed by atoms with van der Waals surface area (Å²) in [6.07, 6.45) is -10.4. The van der Waals surface area contributed by atoms with Gasteiger partial charge in [0, 0.05) is 10.0 Å². The number of hydrogen-bond acceptors (Lipinski definition) is 1. The average molecular weight is 399 g/mol. The highest BCUT2D eigenvalue weighted by Crippen LogP contribution is 2.48. The zero-order valence-corrected chi connectivity index (χ0v) is 12.8. The minimum absolute atomic E-state index is 0.426. The van der Waals surface area contributed by atoms with Crippen LogP contribution in [0.5, 0.6) is 0 Å². The quantitative estimate of drug-likeness (QED) is 0.683. The van der Waals surface area contributed by atoms with E-state index in [-0.39, 0.29) is 0 Å². The molecule has 2 aromatic rings. The molecule has 8 heteroatoms. The van der Waals surface area contributed by atoms with Crippen LogP contribution in [-0.2, 0) is 11.8 Å². The number of rotatable bonds is 2. The van der Waals surface area contributed by atoms with Gasteiger partial charge in [0.15, 0.2) is 0 Å². The van der Waals surface area contributed by atoms with Crippen molar-refractivity contribution in [3.05, 3.63) is 69.7 Å². The summed E-state index contributed by atoms with van der Waals surface area (Å²) in [6.45, 7) is 0. The molecule has 1 atom stereocenters. The third-order valence-electron chi connectivity index (χ3n) is 3.29. The highest BCUT2D eigenvalue weighted by Gasteiger charge is 2.58. The highest BCUT2D eigenvalue weighted by atomic mass is 79.9. The summed E-state index contributed by atoms with van der Waals surface area (Å²) in [5.74, 6) is 0. The highest BCUT2D eigenvalue weighted by molar-refractivity contribution is 9.10. The van der Waals surface area contributed by atoms with Gasteiger partial charge in [-0.25, -0.2) is 0 Å². The van der Waals surface area contributed by atoms with E-state index in [0.717, 1.165) is 24.3 Å². The second kappa shape index (κ2) is 5.83. The lowest BCUT2D eigenvalue weighted by molar-refractivity contribution is -0.250. The third kappa shape index (κ3) is 3.23. The molecule has 0 spiro atoms. The minimum Gasteiger partial charge on any atom is -0.372 e. The number of benzene rings is 2. The summed E-state index contributed by atoms with van der Waals surface area (Å²) in [5.41, 5.74) is -7.28. The molecule has 2 rings (SSSR count). The summed E-state index contributed by atoms with van der Waals surface area (Å²) < 4.78 is 80.2. The van der Waals surface area contributed by atoms with Crippen LogP contribution in [0.15, 0.2) is 53.0 Å². The minimum atomic E-state index is -5.35. The molecule has 1 N–H and O–H groups in total. The van der Waals surface area contributed by atoms with Gasteiger partial charge in [-0.2, -0.15) is 26.3 Å². The standard InChI is InChI=1S/C15H9BrF6O/c16-10-7-5-9(6-8-10)13(23,15(20,21)22)11-3-1-2-4-12(11)14(17,18)19/h1-8,23H. The molecule has 0 fully saturated rings. The molecule has 0 aliphatic heterocycles. The zero-order valence-electron chi connectivity index (χ0n) is 11.2. The molecule has 0 aliphatic carbocycles. The Morgan fingerprint density at radius 2 is 1.22 bits per heavy atom. The first kappa shape index (κ1) is 17.8. The maximum Gasteiger partial charge on any atom is 0.425 e. The van der Waals surface area contributed by atoms with Gasteiger partial charge in [-0.15, -0.1) is 0 Å². The van der Waals surface area contributed by atoms with Crippen molar-refractivity contribution in [2.75, 3.05) is 0 Å². The molecule has 0 radical (unpaired) electrons. The lowest BCUT2D eigenvalue weighted by Crippen LogP contribution is -2.44. The van der Waals surface area contributed by atoms with Crippen LogP contribution in [0.3, 0.4) is 0 Å². The van der Waals surface area contributed by atoms with Crippen molar-refractivity contribution in [1.82, 2.24) is 0 Å². The molecule has 0 heterocycles. The van der Waals surface area contributed by atoms with Crippen LogP contribution in [0.1, 0.15) is 16.7 Å². The molecule has 124 valence electrons. The predicted octanol–water partition coefficient (Wildman–Crippen LogP) is 5.27. The number of halogens is 7. The van der Waals surface area contributed by atoms with Crippen molar-refractivity contribution in [1.29, 1.82) is 0 Å². The fourth-order valence-corrected chi connectivity index (χ4v) is 2.47. The summed E-state index contributed by atoms with van der Waals surface area (Å²) in [5, 5.41) is 10.3. The predicted molar refractivity (Wildman–Crippen MR) is 74.6 cm³/mol. The molecular formula is C15H9BrF6O. The Kier molecular flexibility index (Phi) is 4.51. The van der Waals surface area contributed by atoms with Crippen LogP contribution in [0, 0.1) is 0 Å². The van der Waals surface area contributed by atoms with Gasteiger partial charge in [-0.05, 0) is 23.8 Å². The molecule has 0 saturated carbocycles. The topological polar surface area (TPSA) is 20.2 Å². The van der Waals surface area contributed by atoms with Gasteiger partial charge in [0.1, 0.15) is 0 Å². The van der Waals surface area contributed by atoms with E-state index >= 15 is 0 Å². The van der Waals surface area contributed by atoms with E-state index in [1.807, 2.05) is 0 Å². The van der Waals surface area contributed by atoms with E-state index in [9.17, 15) is 31.4 Å². The first-order valence-corrected chi connectivity index (χ1v) is 6.99. The lowest BCUT2D eigenvalue weighted by atomic mass is 9.83. The van der Waals surface area contributed by atoms with Gasteiger partial charge in [-0.1, -0.05) is 46.3 Å². The first-order valence-electron chi connectivity index (χ1n) is 6.20. The molecule has 0 bridgehead atoms. The SMILES string of the molecule is OC(c1ccc(Br)cc1)(c1ccccc1C(F)(F)F)C(F)(F)F. The van der Waals surface area contributed by atoms with Crippen LogP contribution in [0.4, 0.5) is 26.3 Å². The van der Waals surface area contributed by atoms with Crippen LogP contribution < -0.4 is 0 Å². The van der Waals surface area contributed by atoms with Crippen molar-refractivity contribution in [3.63, 3.8) is 0 Å². The maximum absolute atomic E-state index is 13.5. The third-order valence-corrected chi connectivity index (χ3v) is 3.82. The summed E-state index contributed by atoms with van der Waals surface area (Å²) in [4.78, 5) is 0. The van der Waals surface area contributed by atoms with Crippen molar-refractivity contribution >= 4 is 15.9 Å². The first-order chi connectivity index (χ1) is 10.5. The number of aliphatic hydroxyl groups is 1. The van der Waals surface area contributed by atoms with E-state index in [0.29, 0.717) is 16.6 Å². The van der Waals surface area contributed by atoms with Crippen LogP contribution in [-0.4, -0.2) is 11.3 Å². The van der Waals surface area contributed by atoms with Crippen molar-refractivity contribution in [2.24, 2.45) is 0 Å². The van der Waals surface area contributed by atoms with Gasteiger partial charge in [-0.3, -0.25) is 0 Å². The van der Waals surface area contributed by atoms with E-state index in [1.165, 1.54) is 12.1 Å². The van der Waals surface area contributed by atoms with Crippen LogP contribution in [0.25, 0.3) is 0 Å². The molecule has 23 heavy (non-hydrogen) atoms. The Morgan fingerprint density at radius 1 is 0.739 bits per heavy atom. The number of alkyl halides is 6. The molecule has 1 nitrogen and oxygen atoms in total. The number of hydrogen-bond donors (Lipinski definition) is 1.